The Morgan fingerprint density at radius 3 is 2.17 bits per heavy atom. The number of thioether (sulfide) groups is 1. The fourth-order valence-corrected chi connectivity index (χ4v) is 5.53. The molecule has 1 aliphatic rings. The van der Waals surface area contributed by atoms with Crippen molar-refractivity contribution in [3.8, 4) is 0 Å². The van der Waals surface area contributed by atoms with Crippen molar-refractivity contribution in [2.75, 3.05) is 10.8 Å². The topological polar surface area (TPSA) is 61.4 Å². The summed E-state index contributed by atoms with van der Waals surface area (Å²) in [6.45, 7) is 0. The summed E-state index contributed by atoms with van der Waals surface area (Å²) < 4.78 is 0. The first kappa shape index (κ1) is 21.4. The van der Waals surface area contributed by atoms with Crippen LogP contribution in [0.4, 0.5) is 11.4 Å². The van der Waals surface area contributed by atoms with Gasteiger partial charge in [-0.15, -0.1) is 11.8 Å². The van der Waals surface area contributed by atoms with E-state index in [0.29, 0.717) is 11.4 Å². The lowest BCUT2D eigenvalue weighted by molar-refractivity contribution is 0.907. The Bertz CT molecular complexity index is 1540. The number of hydrogen-bond donors (Lipinski definition) is 1. The maximum absolute atomic E-state index is 13.2. The summed E-state index contributed by atoms with van der Waals surface area (Å²) in [5.41, 5.74) is 5.58. The number of para-hydroxylation sites is 4. The lowest BCUT2D eigenvalue weighted by atomic mass is 9.94. The van der Waals surface area contributed by atoms with Gasteiger partial charge in [-0.2, -0.15) is 5.10 Å². The number of rotatable bonds is 4. The van der Waals surface area contributed by atoms with Crippen molar-refractivity contribution in [2.24, 2.45) is 5.10 Å². The van der Waals surface area contributed by atoms with E-state index >= 15 is 0 Å². The Morgan fingerprint density at radius 2 is 1.43 bits per heavy atom. The van der Waals surface area contributed by atoms with E-state index < -0.39 is 0 Å². The Balaban J connectivity index is 1.57. The van der Waals surface area contributed by atoms with E-state index in [2.05, 4.69) is 17.1 Å². The molecule has 35 heavy (non-hydrogen) atoms. The molecule has 5 aromatic rings. The van der Waals surface area contributed by atoms with Gasteiger partial charge < -0.3 is 4.98 Å². The van der Waals surface area contributed by atoms with Gasteiger partial charge in [0.1, 0.15) is 5.69 Å². The van der Waals surface area contributed by atoms with Crippen LogP contribution in [-0.2, 0) is 0 Å². The summed E-state index contributed by atoms with van der Waals surface area (Å²) in [5.74, 6) is 0.417. The molecular formula is C29H22N4OS. The largest absolute Gasteiger partial charge is 0.319 e. The average Bonchev–Trinajstić information content (AvgIpc) is 2.92. The number of nitrogens with one attached hydrogen (secondary N) is 1. The first-order valence-electron chi connectivity index (χ1n) is 11.5. The van der Waals surface area contributed by atoms with Gasteiger partial charge in [-0.3, -0.25) is 4.79 Å². The van der Waals surface area contributed by atoms with Crippen molar-refractivity contribution >= 4 is 39.9 Å². The van der Waals surface area contributed by atoms with Crippen LogP contribution in [0.1, 0.15) is 17.2 Å². The van der Waals surface area contributed by atoms with Crippen LogP contribution in [0, 0.1) is 0 Å². The lowest BCUT2D eigenvalue weighted by Crippen LogP contribution is -2.30. The first-order chi connectivity index (χ1) is 17.3. The van der Waals surface area contributed by atoms with E-state index in [0.717, 1.165) is 38.6 Å². The highest BCUT2D eigenvalue weighted by Gasteiger charge is 2.31. The highest BCUT2D eigenvalue weighted by Crippen LogP contribution is 2.38. The summed E-state index contributed by atoms with van der Waals surface area (Å²) >= 11 is 1.74. The third-order valence-electron chi connectivity index (χ3n) is 6.06. The van der Waals surface area contributed by atoms with Gasteiger partial charge >= 0.3 is 0 Å². The summed E-state index contributed by atoms with van der Waals surface area (Å²) in [6, 6.07) is 36.0. The van der Waals surface area contributed by atoms with Gasteiger partial charge in [0, 0.05) is 16.2 Å². The molecule has 0 saturated carbocycles. The summed E-state index contributed by atoms with van der Waals surface area (Å²) in [5, 5.41) is 7.19. The van der Waals surface area contributed by atoms with Crippen LogP contribution in [0.25, 0.3) is 11.0 Å². The van der Waals surface area contributed by atoms with Crippen LogP contribution in [-0.4, -0.2) is 21.4 Å². The Labute approximate surface area is 207 Å². The monoisotopic (exact) mass is 474 g/mol. The number of benzene rings is 4. The zero-order chi connectivity index (χ0) is 23.6. The highest BCUT2D eigenvalue weighted by atomic mass is 32.2. The average molecular weight is 475 g/mol. The molecule has 1 aromatic heterocycles. The molecule has 6 rings (SSSR count). The predicted molar refractivity (Wildman–Crippen MR) is 144 cm³/mol. The maximum atomic E-state index is 13.2. The van der Waals surface area contributed by atoms with E-state index in [1.54, 1.807) is 11.8 Å². The molecule has 170 valence electrons. The Morgan fingerprint density at radius 1 is 0.800 bits per heavy atom. The van der Waals surface area contributed by atoms with Gasteiger partial charge in [-0.1, -0.05) is 66.7 Å². The summed E-state index contributed by atoms with van der Waals surface area (Å²) in [7, 11) is 0. The van der Waals surface area contributed by atoms with E-state index in [4.69, 9.17) is 10.1 Å². The standard InChI is InChI=1S/C29H22N4OS/c34-29-28(30-24-16-8-9-17-25(24)31-29)23-19-35-26-18-10-7-15-22(26)27(23)32-33(20-11-3-1-4-12-20)21-13-5-2-6-14-21/h1-18,23H,19H2,(H,31,34)/b32-27-. The van der Waals surface area contributed by atoms with E-state index in [1.807, 2.05) is 102 Å². The predicted octanol–water partition coefficient (Wildman–Crippen LogP) is 6.36. The zero-order valence-corrected chi connectivity index (χ0v) is 19.7. The molecule has 0 radical (unpaired) electrons. The smallest absolute Gasteiger partial charge is 0.270 e. The normalized spacial score (nSPS) is 16.2. The van der Waals surface area contributed by atoms with Crippen molar-refractivity contribution in [3.63, 3.8) is 0 Å². The van der Waals surface area contributed by atoms with Crippen molar-refractivity contribution in [2.45, 2.75) is 10.8 Å². The number of hydrogen-bond acceptors (Lipinski definition) is 5. The molecule has 0 aliphatic carbocycles. The van der Waals surface area contributed by atoms with Crippen LogP contribution in [0.3, 0.4) is 0 Å². The van der Waals surface area contributed by atoms with E-state index in [9.17, 15) is 4.79 Å². The SMILES string of the molecule is O=c1[nH]c2ccccc2nc1C1CSc2ccccc2/C1=N/N(c1ccccc1)c1ccccc1. The number of aromatic amines is 1. The Hall–Kier alpha value is -4.16. The highest BCUT2D eigenvalue weighted by molar-refractivity contribution is 7.99. The first-order valence-corrected chi connectivity index (χ1v) is 12.5. The lowest BCUT2D eigenvalue weighted by Gasteiger charge is -2.28. The summed E-state index contributed by atoms with van der Waals surface area (Å²) in [4.78, 5) is 22.2. The third-order valence-corrected chi connectivity index (χ3v) is 7.23. The van der Waals surface area contributed by atoms with Gasteiger partial charge in [-0.05, 0) is 42.5 Å². The molecule has 1 N–H and O–H groups in total. The number of H-pyrrole nitrogens is 1. The minimum absolute atomic E-state index is 0.174. The van der Waals surface area contributed by atoms with Crippen molar-refractivity contribution in [1.82, 2.24) is 9.97 Å². The minimum atomic E-state index is -0.266. The molecule has 2 heterocycles. The molecule has 1 aliphatic heterocycles. The maximum Gasteiger partial charge on any atom is 0.270 e. The molecule has 6 heteroatoms. The van der Waals surface area contributed by atoms with Crippen molar-refractivity contribution < 1.29 is 0 Å². The number of nitrogens with zero attached hydrogens (tertiary/aromatic N) is 3. The molecule has 1 unspecified atom stereocenters. The fourth-order valence-electron chi connectivity index (χ4n) is 4.37. The molecule has 0 amide bonds. The number of aromatic nitrogens is 2. The molecule has 0 bridgehead atoms. The van der Waals surface area contributed by atoms with Gasteiger partial charge in [0.15, 0.2) is 0 Å². The van der Waals surface area contributed by atoms with Gasteiger partial charge in [-0.25, -0.2) is 9.99 Å². The molecule has 5 nitrogen and oxygen atoms in total. The van der Waals surface area contributed by atoms with Crippen LogP contribution in [0.5, 0.6) is 0 Å². The number of fused-ring (bicyclic) bond motifs is 2. The van der Waals surface area contributed by atoms with Gasteiger partial charge in [0.25, 0.3) is 5.56 Å². The molecule has 0 spiro atoms. The second-order valence-electron chi connectivity index (χ2n) is 8.30. The molecule has 0 fully saturated rings. The van der Waals surface area contributed by atoms with Crippen LogP contribution < -0.4 is 10.6 Å². The van der Waals surface area contributed by atoms with Crippen LogP contribution >= 0.6 is 11.8 Å². The van der Waals surface area contributed by atoms with E-state index in [-0.39, 0.29) is 11.5 Å². The van der Waals surface area contributed by atoms with Crippen LogP contribution in [0.15, 0.2) is 124 Å². The molecule has 1 atom stereocenters. The molecule has 4 aromatic carbocycles. The minimum Gasteiger partial charge on any atom is -0.319 e. The van der Waals surface area contributed by atoms with Crippen molar-refractivity contribution in [3.05, 3.63) is 131 Å². The third kappa shape index (κ3) is 4.13. The van der Waals surface area contributed by atoms with Crippen molar-refractivity contribution in [1.29, 1.82) is 0 Å². The quantitative estimate of drug-likeness (QED) is 0.308. The zero-order valence-electron chi connectivity index (χ0n) is 18.8. The number of hydrazone groups is 1. The second kappa shape index (κ2) is 9.24. The number of anilines is 2. The Kier molecular flexibility index (Phi) is 5.64. The molecular weight excluding hydrogens is 452 g/mol. The second-order valence-corrected chi connectivity index (χ2v) is 9.36. The van der Waals surface area contributed by atoms with E-state index in [1.165, 1.54) is 0 Å². The van der Waals surface area contributed by atoms with Gasteiger partial charge in [0.2, 0.25) is 0 Å². The summed E-state index contributed by atoms with van der Waals surface area (Å²) in [6.07, 6.45) is 0. The molecule has 0 saturated heterocycles. The van der Waals surface area contributed by atoms with Crippen LogP contribution in [0.2, 0.25) is 0 Å². The fraction of sp³-hybridized carbons (Fsp3) is 0.0690. The van der Waals surface area contributed by atoms with Gasteiger partial charge in [0.05, 0.1) is 34.0 Å².